The van der Waals surface area contributed by atoms with E-state index in [-0.39, 0.29) is 11.7 Å². The standard InChI is InChI=1S/C13H16N4O4S/c1-9-4-3-5-10(6-9)11-7-17(2)13(15-11)12(16-18)14-8-22(19,20)21/h3-7,18H,8H2,1-2H3,(H,14,16)(H,19,20,21). The number of hydrogen-bond acceptors (Lipinski definition) is 5. The van der Waals surface area contributed by atoms with Gasteiger partial charge in [0, 0.05) is 18.8 Å². The van der Waals surface area contributed by atoms with E-state index in [0.29, 0.717) is 5.69 Å². The number of benzene rings is 1. The van der Waals surface area contributed by atoms with Crippen molar-refractivity contribution in [2.75, 3.05) is 5.88 Å². The van der Waals surface area contributed by atoms with Crippen molar-refractivity contribution in [1.29, 1.82) is 0 Å². The Morgan fingerprint density at radius 1 is 1.45 bits per heavy atom. The second-order valence-electron chi connectivity index (χ2n) is 4.76. The van der Waals surface area contributed by atoms with Gasteiger partial charge in [-0.15, -0.1) is 0 Å². The number of hydroxylamine groups is 1. The lowest BCUT2D eigenvalue weighted by Crippen LogP contribution is -2.25. The van der Waals surface area contributed by atoms with Gasteiger partial charge in [0.1, 0.15) is 0 Å². The maximum Gasteiger partial charge on any atom is 0.285 e. The minimum absolute atomic E-state index is 0.154. The summed E-state index contributed by atoms with van der Waals surface area (Å²) >= 11 is 0. The zero-order valence-corrected chi connectivity index (χ0v) is 12.9. The first-order chi connectivity index (χ1) is 10.3. The van der Waals surface area contributed by atoms with E-state index in [0.717, 1.165) is 11.1 Å². The van der Waals surface area contributed by atoms with Gasteiger partial charge in [-0.1, -0.05) is 23.8 Å². The fourth-order valence-electron chi connectivity index (χ4n) is 1.93. The number of aliphatic imine (C=N–C) groups is 1. The SMILES string of the molecule is Cc1cccc(-c2cn(C)c(C(=NCS(=O)(=O)O)NO)n2)c1. The van der Waals surface area contributed by atoms with Crippen LogP contribution in [0.3, 0.4) is 0 Å². The molecule has 0 saturated carbocycles. The molecule has 1 aromatic carbocycles. The van der Waals surface area contributed by atoms with Gasteiger partial charge in [0.25, 0.3) is 10.1 Å². The van der Waals surface area contributed by atoms with E-state index in [1.807, 2.05) is 31.2 Å². The van der Waals surface area contributed by atoms with Crippen LogP contribution in [0.1, 0.15) is 11.4 Å². The Labute approximate surface area is 127 Å². The highest BCUT2D eigenvalue weighted by molar-refractivity contribution is 7.85. The van der Waals surface area contributed by atoms with Crippen LogP contribution in [0.2, 0.25) is 0 Å². The largest absolute Gasteiger partial charge is 0.331 e. The van der Waals surface area contributed by atoms with E-state index in [4.69, 9.17) is 9.76 Å². The smallest absolute Gasteiger partial charge is 0.285 e. The predicted octanol–water partition coefficient (Wildman–Crippen LogP) is 0.966. The maximum absolute atomic E-state index is 10.7. The van der Waals surface area contributed by atoms with E-state index < -0.39 is 16.0 Å². The molecule has 0 atom stereocenters. The molecule has 0 unspecified atom stereocenters. The van der Waals surface area contributed by atoms with Crippen molar-refractivity contribution in [2.24, 2.45) is 12.0 Å². The highest BCUT2D eigenvalue weighted by Crippen LogP contribution is 2.19. The van der Waals surface area contributed by atoms with E-state index in [1.54, 1.807) is 23.3 Å². The normalized spacial score (nSPS) is 12.5. The molecule has 0 aliphatic heterocycles. The Morgan fingerprint density at radius 3 is 2.77 bits per heavy atom. The van der Waals surface area contributed by atoms with Crippen molar-refractivity contribution in [3.8, 4) is 11.3 Å². The summed E-state index contributed by atoms with van der Waals surface area (Å²) in [5.74, 6) is -0.788. The van der Waals surface area contributed by atoms with Gasteiger partial charge in [-0.3, -0.25) is 9.76 Å². The summed E-state index contributed by atoms with van der Waals surface area (Å²) in [5.41, 5.74) is 4.41. The number of rotatable bonds is 4. The summed E-state index contributed by atoms with van der Waals surface area (Å²) < 4.78 is 31.8. The van der Waals surface area contributed by atoms with E-state index in [2.05, 4.69) is 9.98 Å². The Kier molecular flexibility index (Phi) is 4.59. The van der Waals surface area contributed by atoms with Crippen LogP contribution in [0.15, 0.2) is 35.5 Å². The van der Waals surface area contributed by atoms with Gasteiger partial charge in [-0.05, 0) is 13.0 Å². The molecular weight excluding hydrogens is 308 g/mol. The molecule has 1 aromatic heterocycles. The summed E-state index contributed by atoms with van der Waals surface area (Å²) in [5, 5.41) is 9.11. The Morgan fingerprint density at radius 2 is 2.18 bits per heavy atom. The van der Waals surface area contributed by atoms with Crippen LogP contribution in [-0.4, -0.2) is 39.4 Å². The molecule has 0 saturated heterocycles. The average Bonchev–Trinajstić information content (AvgIpc) is 2.81. The van der Waals surface area contributed by atoms with E-state index >= 15 is 0 Å². The molecular formula is C13H16N4O4S. The molecule has 1 heterocycles. The predicted molar refractivity (Wildman–Crippen MR) is 81.3 cm³/mol. The van der Waals surface area contributed by atoms with Crippen molar-refractivity contribution in [3.63, 3.8) is 0 Å². The summed E-state index contributed by atoms with van der Waals surface area (Å²) in [6, 6.07) is 7.70. The lowest BCUT2D eigenvalue weighted by atomic mass is 10.1. The van der Waals surface area contributed by atoms with Crippen LogP contribution in [0.4, 0.5) is 0 Å². The molecule has 2 rings (SSSR count). The molecule has 0 fully saturated rings. The lowest BCUT2D eigenvalue weighted by molar-refractivity contribution is 0.234. The van der Waals surface area contributed by atoms with Crippen LogP contribution >= 0.6 is 0 Å². The zero-order chi connectivity index (χ0) is 16.3. The maximum atomic E-state index is 10.7. The third-order valence-electron chi connectivity index (χ3n) is 2.89. The molecule has 0 radical (unpaired) electrons. The third kappa shape index (κ3) is 3.91. The highest BCUT2D eigenvalue weighted by Gasteiger charge is 2.14. The Hall–Kier alpha value is -2.23. The van der Waals surface area contributed by atoms with E-state index in [1.165, 1.54) is 0 Å². The second-order valence-corrected chi connectivity index (χ2v) is 6.18. The number of nitrogens with zero attached hydrogens (tertiary/aromatic N) is 3. The van der Waals surface area contributed by atoms with Crippen molar-refractivity contribution in [2.45, 2.75) is 6.92 Å². The third-order valence-corrected chi connectivity index (χ3v) is 3.35. The zero-order valence-electron chi connectivity index (χ0n) is 12.1. The second kappa shape index (κ2) is 6.26. The summed E-state index contributed by atoms with van der Waals surface area (Å²) in [6.07, 6.45) is 1.73. The quantitative estimate of drug-likeness (QED) is 0.334. The molecule has 9 heteroatoms. The van der Waals surface area contributed by atoms with Gasteiger partial charge in [-0.2, -0.15) is 8.42 Å². The number of aromatic nitrogens is 2. The first-order valence-corrected chi connectivity index (χ1v) is 7.91. The first kappa shape index (κ1) is 16.1. The van der Waals surface area contributed by atoms with Crippen LogP contribution in [0.25, 0.3) is 11.3 Å². The fourth-order valence-corrected chi connectivity index (χ4v) is 2.22. The number of amidine groups is 1. The first-order valence-electron chi connectivity index (χ1n) is 6.30. The van der Waals surface area contributed by atoms with Crippen LogP contribution < -0.4 is 5.48 Å². The molecule has 0 bridgehead atoms. The van der Waals surface area contributed by atoms with Crippen LogP contribution in [0.5, 0.6) is 0 Å². The van der Waals surface area contributed by atoms with Crippen molar-refractivity contribution >= 4 is 16.0 Å². The van der Waals surface area contributed by atoms with Gasteiger partial charge in [-0.25, -0.2) is 15.5 Å². The van der Waals surface area contributed by atoms with Crippen molar-refractivity contribution in [1.82, 2.24) is 15.0 Å². The molecule has 3 N–H and O–H groups in total. The fraction of sp³-hybridized carbons (Fsp3) is 0.231. The van der Waals surface area contributed by atoms with Gasteiger partial charge in [0.05, 0.1) is 5.69 Å². The number of imidazole rings is 1. The van der Waals surface area contributed by atoms with Crippen LogP contribution in [0, 0.1) is 6.92 Å². The summed E-state index contributed by atoms with van der Waals surface area (Å²) in [6.45, 7) is 1.96. The molecule has 118 valence electrons. The Bertz CT molecular complexity index is 811. The molecule has 22 heavy (non-hydrogen) atoms. The number of hydrogen-bond donors (Lipinski definition) is 3. The molecule has 0 aliphatic rings. The topological polar surface area (TPSA) is 117 Å². The van der Waals surface area contributed by atoms with Crippen molar-refractivity contribution in [3.05, 3.63) is 41.9 Å². The number of nitrogens with one attached hydrogen (secondary N) is 1. The molecule has 0 amide bonds. The van der Waals surface area contributed by atoms with Gasteiger partial charge >= 0.3 is 0 Å². The molecule has 0 spiro atoms. The summed E-state index contributed by atoms with van der Waals surface area (Å²) in [7, 11) is -2.59. The van der Waals surface area contributed by atoms with Crippen molar-refractivity contribution < 1.29 is 18.2 Å². The molecule has 8 nitrogen and oxygen atoms in total. The monoisotopic (exact) mass is 324 g/mol. The highest BCUT2D eigenvalue weighted by atomic mass is 32.2. The minimum atomic E-state index is -4.28. The van der Waals surface area contributed by atoms with Gasteiger partial charge in [0.15, 0.2) is 17.5 Å². The van der Waals surface area contributed by atoms with Gasteiger partial charge in [0.2, 0.25) is 0 Å². The summed E-state index contributed by atoms with van der Waals surface area (Å²) in [4.78, 5) is 7.93. The molecule has 0 aliphatic carbocycles. The van der Waals surface area contributed by atoms with E-state index in [9.17, 15) is 8.42 Å². The van der Waals surface area contributed by atoms with Gasteiger partial charge < -0.3 is 4.57 Å². The lowest BCUT2D eigenvalue weighted by Gasteiger charge is -2.03. The van der Waals surface area contributed by atoms with Crippen LogP contribution in [-0.2, 0) is 17.2 Å². The average molecular weight is 324 g/mol. The minimum Gasteiger partial charge on any atom is -0.331 e. The molecule has 2 aromatic rings. The Balaban J connectivity index is 2.40. The number of aryl methyl sites for hydroxylation is 2.